The van der Waals surface area contributed by atoms with Crippen LogP contribution in [-0.4, -0.2) is 0 Å². The van der Waals surface area contributed by atoms with Gasteiger partial charge >= 0.3 is 0 Å². The number of benzene rings is 2. The van der Waals surface area contributed by atoms with Gasteiger partial charge in [0.05, 0.1) is 5.00 Å². The number of aryl methyl sites for hydroxylation is 2. The minimum absolute atomic E-state index is 1.20. The molecule has 0 radical (unpaired) electrons. The molecule has 0 aliphatic rings. The molecule has 0 N–H and O–H groups in total. The lowest BCUT2D eigenvalue weighted by atomic mass is 10.1. The summed E-state index contributed by atoms with van der Waals surface area (Å²) >= 11 is 1.76. The van der Waals surface area contributed by atoms with Crippen molar-refractivity contribution in [1.29, 1.82) is 0 Å². The van der Waals surface area contributed by atoms with Crippen LogP contribution in [0.2, 0.25) is 0 Å². The molecular formula is C18H17NS. The second kappa shape index (κ2) is 5.51. The van der Waals surface area contributed by atoms with Gasteiger partial charge in [0.15, 0.2) is 0 Å². The zero-order valence-corrected chi connectivity index (χ0v) is 12.5. The molecule has 100 valence electrons. The Labute approximate surface area is 124 Å². The predicted molar refractivity (Wildman–Crippen MR) is 88.5 cm³/mol. The Hall–Kier alpha value is -2.06. The predicted octanol–water partition coefficient (Wildman–Crippen LogP) is 5.83. The normalized spacial score (nSPS) is 10.5. The van der Waals surface area contributed by atoms with Crippen molar-refractivity contribution in [2.45, 2.75) is 13.8 Å². The zero-order chi connectivity index (χ0) is 13.9. The summed E-state index contributed by atoms with van der Waals surface area (Å²) in [7, 11) is 0. The molecule has 1 nitrogen and oxygen atoms in total. The van der Waals surface area contributed by atoms with Crippen LogP contribution in [0.25, 0.3) is 0 Å². The van der Waals surface area contributed by atoms with Gasteiger partial charge in [-0.2, -0.15) is 0 Å². The van der Waals surface area contributed by atoms with Crippen LogP contribution < -0.4 is 4.90 Å². The van der Waals surface area contributed by atoms with Crippen molar-refractivity contribution >= 4 is 27.7 Å². The maximum absolute atomic E-state index is 2.30. The molecule has 1 aromatic heterocycles. The highest BCUT2D eigenvalue weighted by molar-refractivity contribution is 7.14. The maximum Gasteiger partial charge on any atom is 0.0999 e. The van der Waals surface area contributed by atoms with E-state index in [1.54, 1.807) is 11.3 Å². The summed E-state index contributed by atoms with van der Waals surface area (Å²) in [6.45, 7) is 4.23. The lowest BCUT2D eigenvalue weighted by molar-refractivity contribution is 1.29. The first-order valence-electron chi connectivity index (χ1n) is 6.71. The average molecular weight is 279 g/mol. The number of nitrogens with zero attached hydrogens (tertiary/aromatic N) is 1. The van der Waals surface area contributed by atoms with Crippen LogP contribution in [0.1, 0.15) is 11.1 Å². The Balaban J connectivity index is 2.09. The van der Waals surface area contributed by atoms with E-state index in [9.17, 15) is 0 Å². The molecule has 20 heavy (non-hydrogen) atoms. The first kappa shape index (κ1) is 12.9. The standard InChI is InChI=1S/C18H17NS/c1-14-5-9-16(10-6-14)19(18-4-3-13-20-18)17-11-7-15(2)8-12-17/h3-13H,1-2H3. The quantitative estimate of drug-likeness (QED) is 0.582. The summed E-state index contributed by atoms with van der Waals surface area (Å²) in [5.74, 6) is 0. The van der Waals surface area contributed by atoms with E-state index in [0.29, 0.717) is 0 Å². The second-order valence-corrected chi connectivity index (χ2v) is 5.88. The lowest BCUT2D eigenvalue weighted by Crippen LogP contribution is -2.08. The molecule has 0 saturated carbocycles. The molecule has 0 unspecified atom stereocenters. The summed E-state index contributed by atoms with van der Waals surface area (Å²) in [4.78, 5) is 2.30. The van der Waals surface area contributed by atoms with Gasteiger partial charge in [-0.1, -0.05) is 35.4 Å². The fourth-order valence-corrected chi connectivity index (χ4v) is 2.96. The summed E-state index contributed by atoms with van der Waals surface area (Å²) in [6.07, 6.45) is 0. The van der Waals surface area contributed by atoms with Gasteiger partial charge in [-0.05, 0) is 55.6 Å². The van der Waals surface area contributed by atoms with Crippen molar-refractivity contribution in [2.75, 3.05) is 4.90 Å². The SMILES string of the molecule is Cc1ccc(N(c2ccc(C)cc2)c2cccs2)cc1. The number of hydrogen-bond acceptors (Lipinski definition) is 2. The van der Waals surface area contributed by atoms with Gasteiger partial charge < -0.3 is 4.90 Å². The van der Waals surface area contributed by atoms with Crippen molar-refractivity contribution in [3.05, 3.63) is 77.2 Å². The van der Waals surface area contributed by atoms with Gasteiger partial charge in [-0.25, -0.2) is 0 Å². The highest BCUT2D eigenvalue weighted by Gasteiger charge is 2.12. The third-order valence-corrected chi connectivity index (χ3v) is 4.16. The van der Waals surface area contributed by atoms with Crippen LogP contribution in [0.5, 0.6) is 0 Å². The van der Waals surface area contributed by atoms with Gasteiger partial charge in [-0.15, -0.1) is 11.3 Å². The largest absolute Gasteiger partial charge is 0.302 e. The first-order chi connectivity index (χ1) is 9.74. The number of hydrogen-bond donors (Lipinski definition) is 0. The van der Waals surface area contributed by atoms with Gasteiger partial charge in [0.2, 0.25) is 0 Å². The average Bonchev–Trinajstić information content (AvgIpc) is 2.97. The summed E-state index contributed by atoms with van der Waals surface area (Å²) in [5, 5.41) is 3.35. The monoisotopic (exact) mass is 279 g/mol. The molecule has 0 saturated heterocycles. The van der Waals surface area contributed by atoms with E-state index < -0.39 is 0 Å². The van der Waals surface area contributed by atoms with E-state index in [-0.39, 0.29) is 0 Å². The van der Waals surface area contributed by atoms with Gasteiger partial charge in [0.25, 0.3) is 0 Å². The molecule has 3 aromatic rings. The van der Waals surface area contributed by atoms with Gasteiger partial charge in [0, 0.05) is 11.4 Å². The molecule has 0 spiro atoms. The van der Waals surface area contributed by atoms with E-state index in [1.807, 2.05) is 0 Å². The second-order valence-electron chi connectivity index (χ2n) is 4.96. The van der Waals surface area contributed by atoms with E-state index in [4.69, 9.17) is 0 Å². The minimum atomic E-state index is 1.20. The number of anilines is 3. The van der Waals surface area contributed by atoms with Crippen molar-refractivity contribution < 1.29 is 0 Å². The Morgan fingerprint density at radius 1 is 0.700 bits per heavy atom. The summed E-state index contributed by atoms with van der Waals surface area (Å²) in [6, 6.07) is 21.6. The topological polar surface area (TPSA) is 3.24 Å². The Bertz CT molecular complexity index is 621. The minimum Gasteiger partial charge on any atom is -0.302 e. The molecule has 0 atom stereocenters. The van der Waals surface area contributed by atoms with Crippen LogP contribution in [-0.2, 0) is 0 Å². The fourth-order valence-electron chi connectivity index (χ4n) is 2.19. The van der Waals surface area contributed by atoms with Crippen LogP contribution in [0.4, 0.5) is 16.4 Å². The highest BCUT2D eigenvalue weighted by atomic mass is 32.1. The molecule has 0 amide bonds. The first-order valence-corrected chi connectivity index (χ1v) is 7.59. The molecule has 0 aliphatic heterocycles. The van der Waals surface area contributed by atoms with Crippen LogP contribution in [0.15, 0.2) is 66.0 Å². The third-order valence-electron chi connectivity index (χ3n) is 3.31. The van der Waals surface area contributed by atoms with Crippen molar-refractivity contribution in [3.63, 3.8) is 0 Å². The molecule has 0 bridgehead atoms. The zero-order valence-electron chi connectivity index (χ0n) is 11.7. The lowest BCUT2D eigenvalue weighted by Gasteiger charge is -2.23. The fraction of sp³-hybridized carbons (Fsp3) is 0.111. The Morgan fingerprint density at radius 2 is 1.20 bits per heavy atom. The molecule has 2 aromatic carbocycles. The highest BCUT2D eigenvalue weighted by Crippen LogP contribution is 2.37. The van der Waals surface area contributed by atoms with Gasteiger partial charge in [-0.3, -0.25) is 0 Å². The van der Waals surface area contributed by atoms with Crippen molar-refractivity contribution in [3.8, 4) is 0 Å². The molecular weight excluding hydrogens is 262 g/mol. The van der Waals surface area contributed by atoms with E-state index in [0.717, 1.165) is 0 Å². The maximum atomic E-state index is 2.30. The summed E-state index contributed by atoms with van der Waals surface area (Å²) < 4.78 is 0. The molecule has 0 fully saturated rings. The van der Waals surface area contributed by atoms with Crippen LogP contribution in [0.3, 0.4) is 0 Å². The molecule has 2 heteroatoms. The van der Waals surface area contributed by atoms with Crippen molar-refractivity contribution in [1.82, 2.24) is 0 Å². The van der Waals surface area contributed by atoms with Crippen LogP contribution in [0, 0.1) is 13.8 Å². The summed E-state index contributed by atoms with van der Waals surface area (Å²) in [5.41, 5.74) is 4.95. The molecule has 3 rings (SSSR count). The van der Waals surface area contributed by atoms with Gasteiger partial charge in [0.1, 0.15) is 0 Å². The van der Waals surface area contributed by atoms with E-state index in [2.05, 4.69) is 84.8 Å². The van der Waals surface area contributed by atoms with E-state index in [1.165, 1.54) is 27.5 Å². The number of rotatable bonds is 3. The van der Waals surface area contributed by atoms with E-state index >= 15 is 0 Å². The Morgan fingerprint density at radius 3 is 1.60 bits per heavy atom. The molecule has 1 heterocycles. The third kappa shape index (κ3) is 2.61. The number of thiophene rings is 1. The Kier molecular flexibility index (Phi) is 3.57. The van der Waals surface area contributed by atoms with Crippen LogP contribution >= 0.6 is 11.3 Å². The van der Waals surface area contributed by atoms with Crippen molar-refractivity contribution in [2.24, 2.45) is 0 Å². The smallest absolute Gasteiger partial charge is 0.0999 e. The molecule has 0 aliphatic carbocycles.